The third kappa shape index (κ3) is 9.86. The molecule has 0 heterocycles. The van der Waals surface area contributed by atoms with Gasteiger partial charge < -0.3 is 29.2 Å². The Morgan fingerprint density at radius 2 is 1.41 bits per heavy atom. The van der Waals surface area contributed by atoms with Gasteiger partial charge in [0.1, 0.15) is 24.1 Å². The van der Waals surface area contributed by atoms with E-state index in [2.05, 4.69) is 5.32 Å². The molecular formula is C38H44ClN3O8S. The summed E-state index contributed by atoms with van der Waals surface area (Å²) in [5, 5.41) is 3.49. The van der Waals surface area contributed by atoms with E-state index in [1.807, 2.05) is 44.2 Å². The van der Waals surface area contributed by atoms with E-state index in [4.69, 9.17) is 30.5 Å². The van der Waals surface area contributed by atoms with Crippen molar-refractivity contribution in [3.05, 3.63) is 107 Å². The second-order valence-electron chi connectivity index (χ2n) is 12.1. The van der Waals surface area contributed by atoms with Gasteiger partial charge >= 0.3 is 0 Å². The quantitative estimate of drug-likeness (QED) is 0.140. The number of carbonyl (C=O) groups is 2. The van der Waals surface area contributed by atoms with E-state index in [0.717, 1.165) is 9.87 Å². The van der Waals surface area contributed by atoms with Crippen molar-refractivity contribution in [3.8, 4) is 23.0 Å². The van der Waals surface area contributed by atoms with Gasteiger partial charge in [0.25, 0.3) is 10.0 Å². The first-order chi connectivity index (χ1) is 24.4. The van der Waals surface area contributed by atoms with Crippen molar-refractivity contribution in [2.24, 2.45) is 5.92 Å². The topological polar surface area (TPSA) is 124 Å². The zero-order valence-electron chi connectivity index (χ0n) is 29.6. The monoisotopic (exact) mass is 737 g/mol. The molecule has 0 spiro atoms. The van der Waals surface area contributed by atoms with Crippen LogP contribution in [0.15, 0.2) is 95.9 Å². The van der Waals surface area contributed by atoms with Crippen LogP contribution in [-0.4, -0.2) is 72.7 Å². The van der Waals surface area contributed by atoms with Crippen LogP contribution >= 0.6 is 11.6 Å². The molecule has 0 aliphatic carbocycles. The maximum absolute atomic E-state index is 14.8. The van der Waals surface area contributed by atoms with Crippen LogP contribution < -0.4 is 28.6 Å². The van der Waals surface area contributed by atoms with Crippen LogP contribution in [0.4, 0.5) is 5.69 Å². The average Bonchev–Trinajstić information content (AvgIpc) is 3.14. The van der Waals surface area contributed by atoms with E-state index >= 15 is 0 Å². The number of carbonyl (C=O) groups excluding carboxylic acids is 2. The lowest BCUT2D eigenvalue weighted by atomic mass is 10.0. The van der Waals surface area contributed by atoms with Crippen molar-refractivity contribution in [3.63, 3.8) is 0 Å². The van der Waals surface area contributed by atoms with Gasteiger partial charge in [-0.1, -0.05) is 67.9 Å². The number of nitrogens with zero attached hydrogens (tertiary/aromatic N) is 2. The molecule has 13 heteroatoms. The van der Waals surface area contributed by atoms with Gasteiger partial charge in [0.2, 0.25) is 11.8 Å². The summed E-state index contributed by atoms with van der Waals surface area (Å²) in [4.78, 5) is 30.1. The molecule has 2 amide bonds. The molecule has 4 aromatic rings. The molecule has 0 aliphatic heterocycles. The van der Waals surface area contributed by atoms with Crippen LogP contribution in [0.25, 0.3) is 0 Å². The lowest BCUT2D eigenvalue weighted by Gasteiger charge is -2.34. The summed E-state index contributed by atoms with van der Waals surface area (Å²) in [5.41, 5.74) is 1.56. The number of anilines is 1. The van der Waals surface area contributed by atoms with Gasteiger partial charge in [-0.2, -0.15) is 0 Å². The molecule has 272 valence electrons. The minimum absolute atomic E-state index is 0.0118. The number of ether oxygens (including phenoxy) is 4. The number of sulfonamides is 1. The van der Waals surface area contributed by atoms with Crippen molar-refractivity contribution >= 4 is 39.1 Å². The van der Waals surface area contributed by atoms with E-state index < -0.39 is 28.5 Å². The van der Waals surface area contributed by atoms with E-state index in [1.54, 1.807) is 36.4 Å². The molecule has 0 bridgehead atoms. The molecule has 0 aromatic heterocycles. The summed E-state index contributed by atoms with van der Waals surface area (Å²) in [6.07, 6.45) is 0.176. The molecular weight excluding hydrogens is 694 g/mol. The summed E-state index contributed by atoms with van der Waals surface area (Å²) < 4.78 is 52.1. The van der Waals surface area contributed by atoms with Crippen LogP contribution in [0.3, 0.4) is 0 Å². The van der Waals surface area contributed by atoms with Crippen LogP contribution in [0, 0.1) is 5.92 Å². The standard InChI is InChI=1S/C38H44ClN3O8S/c1-26(2)23-40-38(44)33(20-27-10-8-7-9-11-27)41(24-28-12-14-29(39)15-13-28)37(43)25-42(32-21-30(47-3)16-18-34(32)48-4)51(45,46)31-17-19-35(49-5)36(22-31)50-6/h7-19,21-22,26,33H,20,23-25H2,1-6H3,(H,40,44). The highest BCUT2D eigenvalue weighted by atomic mass is 35.5. The van der Waals surface area contributed by atoms with E-state index in [9.17, 15) is 18.0 Å². The highest BCUT2D eigenvalue weighted by molar-refractivity contribution is 7.92. The number of hydrogen-bond donors (Lipinski definition) is 1. The predicted molar refractivity (Wildman–Crippen MR) is 197 cm³/mol. The highest BCUT2D eigenvalue weighted by Gasteiger charge is 2.36. The first-order valence-electron chi connectivity index (χ1n) is 16.2. The number of halogens is 1. The average molecular weight is 738 g/mol. The Kier molecular flexibility index (Phi) is 13.6. The van der Waals surface area contributed by atoms with Gasteiger partial charge in [0.15, 0.2) is 11.5 Å². The number of rotatable bonds is 17. The van der Waals surface area contributed by atoms with Crippen molar-refractivity contribution in [1.82, 2.24) is 10.2 Å². The van der Waals surface area contributed by atoms with Gasteiger partial charge in [-0.15, -0.1) is 0 Å². The molecule has 0 saturated heterocycles. The van der Waals surface area contributed by atoms with Gasteiger partial charge in [0.05, 0.1) is 39.0 Å². The molecule has 51 heavy (non-hydrogen) atoms. The van der Waals surface area contributed by atoms with Crippen molar-refractivity contribution in [1.29, 1.82) is 0 Å². The summed E-state index contributed by atoms with van der Waals surface area (Å²) in [5.74, 6) is 0.142. The van der Waals surface area contributed by atoms with E-state index in [1.165, 1.54) is 57.6 Å². The van der Waals surface area contributed by atoms with E-state index in [-0.39, 0.29) is 46.9 Å². The van der Waals surface area contributed by atoms with Gasteiger partial charge in [-0.25, -0.2) is 8.42 Å². The second-order valence-corrected chi connectivity index (χ2v) is 14.4. The van der Waals surface area contributed by atoms with Gasteiger partial charge in [0, 0.05) is 36.7 Å². The zero-order chi connectivity index (χ0) is 37.1. The summed E-state index contributed by atoms with van der Waals surface area (Å²) in [7, 11) is 1.18. The molecule has 0 fully saturated rings. The third-order valence-corrected chi connectivity index (χ3v) is 10.1. The normalized spacial score (nSPS) is 11.8. The molecule has 1 N–H and O–H groups in total. The lowest BCUT2D eigenvalue weighted by Crippen LogP contribution is -2.53. The molecule has 1 unspecified atom stereocenters. The Labute approximate surface area is 305 Å². The van der Waals surface area contributed by atoms with Crippen molar-refractivity contribution < 1.29 is 37.0 Å². The molecule has 4 aromatic carbocycles. The Hall–Kier alpha value is -4.94. The molecule has 1 atom stereocenters. The second kappa shape index (κ2) is 17.8. The molecule has 4 rings (SSSR count). The summed E-state index contributed by atoms with van der Waals surface area (Å²) in [6, 6.07) is 24.0. The Bertz CT molecular complexity index is 1890. The fraction of sp³-hybridized carbons (Fsp3) is 0.316. The summed E-state index contributed by atoms with van der Waals surface area (Å²) >= 11 is 6.18. The van der Waals surface area contributed by atoms with Crippen molar-refractivity contribution in [2.75, 3.05) is 45.8 Å². The highest BCUT2D eigenvalue weighted by Crippen LogP contribution is 2.38. The lowest BCUT2D eigenvalue weighted by molar-refractivity contribution is -0.140. The first kappa shape index (κ1) is 38.9. The van der Waals surface area contributed by atoms with Crippen LogP contribution in [0.5, 0.6) is 23.0 Å². The number of nitrogens with one attached hydrogen (secondary N) is 1. The minimum Gasteiger partial charge on any atom is -0.497 e. The first-order valence-corrected chi connectivity index (χ1v) is 18.1. The number of amides is 2. The number of methoxy groups -OCH3 is 4. The fourth-order valence-electron chi connectivity index (χ4n) is 5.37. The zero-order valence-corrected chi connectivity index (χ0v) is 31.2. The number of benzene rings is 4. The smallest absolute Gasteiger partial charge is 0.265 e. The van der Waals surface area contributed by atoms with Crippen molar-refractivity contribution in [2.45, 2.75) is 37.8 Å². The van der Waals surface area contributed by atoms with Gasteiger partial charge in [-0.05, 0) is 53.4 Å². The Morgan fingerprint density at radius 3 is 2.02 bits per heavy atom. The van der Waals surface area contributed by atoms with Crippen LogP contribution in [-0.2, 0) is 32.6 Å². The SMILES string of the molecule is COc1ccc(OC)c(N(CC(=O)N(Cc2ccc(Cl)cc2)C(Cc2ccccc2)C(=O)NCC(C)C)S(=O)(=O)c2ccc(OC)c(OC)c2)c1. The molecule has 0 radical (unpaired) electrons. The minimum atomic E-state index is -4.51. The third-order valence-electron chi connectivity index (χ3n) is 8.10. The predicted octanol–water partition coefficient (Wildman–Crippen LogP) is 5.98. The molecule has 11 nitrogen and oxygen atoms in total. The molecule has 0 saturated carbocycles. The van der Waals surface area contributed by atoms with E-state index in [0.29, 0.717) is 28.6 Å². The fourth-order valence-corrected chi connectivity index (χ4v) is 6.93. The maximum Gasteiger partial charge on any atom is 0.265 e. The Balaban J connectivity index is 1.89. The molecule has 0 aliphatic rings. The largest absolute Gasteiger partial charge is 0.497 e. The maximum atomic E-state index is 14.8. The van der Waals surface area contributed by atoms with Crippen LogP contribution in [0.2, 0.25) is 5.02 Å². The van der Waals surface area contributed by atoms with Crippen LogP contribution in [0.1, 0.15) is 25.0 Å². The number of hydrogen-bond acceptors (Lipinski definition) is 8. The Morgan fingerprint density at radius 1 is 0.765 bits per heavy atom. The van der Waals surface area contributed by atoms with Gasteiger partial charge in [-0.3, -0.25) is 13.9 Å². The summed E-state index contributed by atoms with van der Waals surface area (Å²) in [6.45, 7) is 3.62.